The molecule has 0 heterocycles. The fourth-order valence-corrected chi connectivity index (χ4v) is 5.47. The van der Waals surface area contributed by atoms with Crippen LogP contribution in [0.2, 0.25) is 0 Å². The molecule has 1 heteroatoms. The van der Waals surface area contributed by atoms with Crippen LogP contribution in [0.5, 0.6) is 0 Å². The maximum atomic E-state index is 2.39. The number of hydrogen-bond donors (Lipinski definition) is 0. The van der Waals surface area contributed by atoms with Crippen LogP contribution in [0, 0.1) is 6.92 Å². The summed E-state index contributed by atoms with van der Waals surface area (Å²) in [5.41, 5.74) is 7.20. The highest BCUT2D eigenvalue weighted by atomic mass is 15.1. The van der Waals surface area contributed by atoms with Gasteiger partial charge in [-0.15, -0.1) is 0 Å². The van der Waals surface area contributed by atoms with Gasteiger partial charge >= 0.3 is 0 Å². The van der Waals surface area contributed by atoms with Gasteiger partial charge in [-0.2, -0.15) is 0 Å². The Kier molecular flexibility index (Phi) is 4.75. The Balaban J connectivity index is 1.47. The first-order valence-electron chi connectivity index (χ1n) is 12.5. The van der Waals surface area contributed by atoms with Gasteiger partial charge in [0, 0.05) is 16.8 Å². The van der Waals surface area contributed by atoms with Crippen molar-refractivity contribution in [1.29, 1.82) is 0 Å². The second-order valence-corrected chi connectivity index (χ2v) is 9.52. The summed E-state index contributed by atoms with van der Waals surface area (Å²) in [5, 5.41) is 7.80. The maximum absolute atomic E-state index is 2.39. The van der Waals surface area contributed by atoms with E-state index in [9.17, 15) is 0 Å². The van der Waals surface area contributed by atoms with E-state index < -0.39 is 0 Å². The summed E-state index contributed by atoms with van der Waals surface area (Å²) < 4.78 is 0. The number of nitrogens with zero attached hydrogens (tertiary/aromatic N) is 1. The number of anilines is 3. The van der Waals surface area contributed by atoms with Crippen molar-refractivity contribution in [3.05, 3.63) is 139 Å². The van der Waals surface area contributed by atoms with E-state index in [0.717, 1.165) is 11.4 Å². The van der Waals surface area contributed by atoms with Crippen molar-refractivity contribution >= 4 is 49.4 Å². The molecular weight excluding hydrogens is 434 g/mol. The van der Waals surface area contributed by atoms with Gasteiger partial charge in [0.2, 0.25) is 0 Å². The highest BCUT2D eigenvalue weighted by molar-refractivity contribution is 6.25. The second kappa shape index (κ2) is 8.25. The molecule has 170 valence electrons. The van der Waals surface area contributed by atoms with Gasteiger partial charge in [0.25, 0.3) is 0 Å². The molecule has 1 nitrogen and oxygen atoms in total. The standard InChI is InChI=1S/C35H25N/c1-24-10-18-30(19-11-24)36(31-20-14-26(15-21-31)25-6-3-2-4-7-25)33-23-17-29-13-12-27-8-5-9-28-16-22-32(33)35(29)34(27)28/h2-23H,1H3. The van der Waals surface area contributed by atoms with Gasteiger partial charge in [0.15, 0.2) is 0 Å². The van der Waals surface area contributed by atoms with Crippen LogP contribution >= 0.6 is 0 Å². The molecular formula is C35H25N. The van der Waals surface area contributed by atoms with Crippen LogP contribution in [-0.4, -0.2) is 0 Å². The molecule has 7 rings (SSSR count). The molecule has 0 saturated heterocycles. The van der Waals surface area contributed by atoms with Crippen LogP contribution in [0.15, 0.2) is 133 Å². The van der Waals surface area contributed by atoms with E-state index in [4.69, 9.17) is 0 Å². The lowest BCUT2D eigenvalue weighted by molar-refractivity contribution is 1.29. The summed E-state index contributed by atoms with van der Waals surface area (Å²) in [5.74, 6) is 0. The van der Waals surface area contributed by atoms with Crippen molar-refractivity contribution in [2.75, 3.05) is 4.90 Å². The van der Waals surface area contributed by atoms with Gasteiger partial charge in [0.1, 0.15) is 0 Å². The summed E-state index contributed by atoms with van der Waals surface area (Å²) >= 11 is 0. The van der Waals surface area contributed by atoms with E-state index in [2.05, 4.69) is 145 Å². The first kappa shape index (κ1) is 20.7. The highest BCUT2D eigenvalue weighted by Gasteiger charge is 2.18. The molecule has 0 atom stereocenters. The van der Waals surface area contributed by atoms with Crippen LogP contribution in [0.25, 0.3) is 43.4 Å². The van der Waals surface area contributed by atoms with Gasteiger partial charge in [0.05, 0.1) is 5.69 Å². The molecule has 0 saturated carbocycles. The smallest absolute Gasteiger partial charge is 0.0540 e. The van der Waals surface area contributed by atoms with Crippen molar-refractivity contribution in [2.45, 2.75) is 6.92 Å². The molecule has 7 aromatic carbocycles. The Bertz CT molecular complexity index is 1800. The van der Waals surface area contributed by atoms with E-state index in [1.165, 1.54) is 54.7 Å². The van der Waals surface area contributed by atoms with E-state index in [-0.39, 0.29) is 0 Å². The lowest BCUT2D eigenvalue weighted by atomic mass is 9.93. The summed E-state index contributed by atoms with van der Waals surface area (Å²) in [6.07, 6.45) is 0. The number of hydrogen-bond acceptors (Lipinski definition) is 1. The lowest BCUT2D eigenvalue weighted by Crippen LogP contribution is -2.10. The van der Waals surface area contributed by atoms with E-state index >= 15 is 0 Å². The lowest BCUT2D eigenvalue weighted by Gasteiger charge is -2.28. The van der Waals surface area contributed by atoms with Gasteiger partial charge in [-0.25, -0.2) is 0 Å². The zero-order valence-electron chi connectivity index (χ0n) is 20.1. The van der Waals surface area contributed by atoms with Crippen LogP contribution < -0.4 is 4.90 Å². The largest absolute Gasteiger partial charge is 0.310 e. The molecule has 7 aromatic rings. The van der Waals surface area contributed by atoms with Gasteiger partial charge in [-0.1, -0.05) is 109 Å². The van der Waals surface area contributed by atoms with E-state index in [1.54, 1.807) is 0 Å². The van der Waals surface area contributed by atoms with Crippen molar-refractivity contribution in [3.8, 4) is 11.1 Å². The Hall–Kier alpha value is -4.62. The fourth-order valence-electron chi connectivity index (χ4n) is 5.47. The zero-order chi connectivity index (χ0) is 24.1. The highest BCUT2D eigenvalue weighted by Crippen LogP contribution is 2.44. The van der Waals surface area contributed by atoms with Gasteiger partial charge < -0.3 is 4.90 Å². The molecule has 0 bridgehead atoms. The minimum absolute atomic E-state index is 1.15. The molecule has 0 aliphatic carbocycles. The SMILES string of the molecule is Cc1ccc(N(c2ccc(-c3ccccc3)cc2)c2ccc3ccc4cccc5ccc2c3c45)cc1. The zero-order valence-corrected chi connectivity index (χ0v) is 20.1. The quantitative estimate of drug-likeness (QED) is 0.237. The Morgan fingerprint density at radius 1 is 0.417 bits per heavy atom. The molecule has 0 aromatic heterocycles. The minimum Gasteiger partial charge on any atom is -0.310 e. The molecule has 0 spiro atoms. The number of rotatable bonds is 4. The molecule has 0 N–H and O–H groups in total. The van der Waals surface area contributed by atoms with Crippen molar-refractivity contribution in [3.63, 3.8) is 0 Å². The first-order chi connectivity index (χ1) is 17.8. The van der Waals surface area contributed by atoms with Gasteiger partial charge in [-0.05, 0) is 75.3 Å². The fraction of sp³-hybridized carbons (Fsp3) is 0.0286. The summed E-state index contributed by atoms with van der Waals surface area (Å²) in [7, 11) is 0. The summed E-state index contributed by atoms with van der Waals surface area (Å²) in [6, 6.07) is 48.5. The normalized spacial score (nSPS) is 11.5. The Morgan fingerprint density at radius 2 is 0.972 bits per heavy atom. The average molecular weight is 460 g/mol. The number of aryl methyl sites for hydroxylation is 1. The maximum Gasteiger partial charge on any atom is 0.0540 e. The Morgan fingerprint density at radius 3 is 1.67 bits per heavy atom. The molecule has 36 heavy (non-hydrogen) atoms. The summed E-state index contributed by atoms with van der Waals surface area (Å²) in [6.45, 7) is 2.14. The molecule has 0 unspecified atom stereocenters. The molecule has 0 radical (unpaired) electrons. The van der Waals surface area contributed by atoms with Crippen molar-refractivity contribution in [2.24, 2.45) is 0 Å². The van der Waals surface area contributed by atoms with Crippen LogP contribution in [0.3, 0.4) is 0 Å². The molecule has 0 fully saturated rings. The predicted octanol–water partition coefficient (Wildman–Crippen LogP) is 10.0. The first-order valence-corrected chi connectivity index (χ1v) is 12.5. The third-order valence-electron chi connectivity index (χ3n) is 7.27. The minimum atomic E-state index is 1.15. The van der Waals surface area contributed by atoms with E-state index in [0.29, 0.717) is 0 Å². The predicted molar refractivity (Wildman–Crippen MR) is 155 cm³/mol. The van der Waals surface area contributed by atoms with Crippen LogP contribution in [-0.2, 0) is 0 Å². The average Bonchev–Trinajstić information content (AvgIpc) is 2.94. The van der Waals surface area contributed by atoms with Crippen LogP contribution in [0.1, 0.15) is 5.56 Å². The van der Waals surface area contributed by atoms with Gasteiger partial charge in [-0.3, -0.25) is 0 Å². The third-order valence-corrected chi connectivity index (χ3v) is 7.27. The van der Waals surface area contributed by atoms with Crippen molar-refractivity contribution < 1.29 is 0 Å². The molecule has 0 amide bonds. The third kappa shape index (κ3) is 3.32. The van der Waals surface area contributed by atoms with Crippen LogP contribution in [0.4, 0.5) is 17.1 Å². The Labute approximate surface area is 211 Å². The summed E-state index contributed by atoms with van der Waals surface area (Å²) in [4.78, 5) is 2.39. The number of benzene rings is 7. The second-order valence-electron chi connectivity index (χ2n) is 9.52. The topological polar surface area (TPSA) is 3.24 Å². The molecule has 0 aliphatic heterocycles. The monoisotopic (exact) mass is 459 g/mol. The molecule has 0 aliphatic rings. The van der Waals surface area contributed by atoms with Crippen molar-refractivity contribution in [1.82, 2.24) is 0 Å². The van der Waals surface area contributed by atoms with E-state index in [1.807, 2.05) is 0 Å².